The Kier molecular flexibility index (Phi) is 35.3. The van der Waals surface area contributed by atoms with Crippen LogP contribution >= 0.6 is 0 Å². The zero-order chi connectivity index (χ0) is 64.0. The average molecular weight is 1440 g/mol. The molecule has 0 aliphatic carbocycles. The number of benzene rings is 2. The van der Waals surface area contributed by atoms with E-state index in [9.17, 15) is 19.8 Å². The summed E-state index contributed by atoms with van der Waals surface area (Å²) in [4.78, 5) is 69.4. The van der Waals surface area contributed by atoms with Crippen molar-refractivity contribution in [3.05, 3.63) is 306 Å². The van der Waals surface area contributed by atoms with Gasteiger partial charge in [0, 0.05) is 215 Å². The van der Waals surface area contributed by atoms with E-state index in [2.05, 4.69) is 94.4 Å². The van der Waals surface area contributed by atoms with Crippen molar-refractivity contribution in [1.29, 1.82) is 0 Å². The number of pyridine rings is 8. The number of phenolic OH excluding ortho intramolecular Hbond substituents is 2. The summed E-state index contributed by atoms with van der Waals surface area (Å²) < 4.78 is 0. The molecule has 2 aromatic carbocycles. The maximum atomic E-state index is 12.0. The number of nitrogens with zero attached hydrogens (tertiary/aromatic N) is 12. The topological polar surface area (TPSA) is 215 Å². The Hall–Kier alpha value is -8.11. The molecule has 0 saturated heterocycles. The van der Waals surface area contributed by atoms with Gasteiger partial charge in [0.2, 0.25) is 11.8 Å². The summed E-state index contributed by atoms with van der Waals surface area (Å²) in [5.74, 6) is 0.571. The minimum atomic E-state index is 0. The number of hydrogen-bond acceptors (Lipinski definition) is 16. The van der Waals surface area contributed by atoms with Gasteiger partial charge in [0.05, 0.1) is 45.6 Å². The van der Waals surface area contributed by atoms with Crippen LogP contribution in [0.3, 0.4) is 0 Å². The molecule has 0 aliphatic rings. The summed E-state index contributed by atoms with van der Waals surface area (Å²) in [6, 6.07) is 55.5. The number of hydrogen-bond donors (Lipinski definition) is 4. The summed E-state index contributed by atoms with van der Waals surface area (Å²) in [5.41, 5.74) is 12.9. The molecule has 10 rings (SSSR count). The van der Waals surface area contributed by atoms with E-state index in [-0.39, 0.29) is 89.2 Å². The van der Waals surface area contributed by atoms with Gasteiger partial charge in [-0.05, 0) is 121 Å². The van der Waals surface area contributed by atoms with Crippen molar-refractivity contribution in [3.8, 4) is 11.5 Å². The van der Waals surface area contributed by atoms with E-state index < -0.39 is 0 Å². The van der Waals surface area contributed by atoms with Gasteiger partial charge in [-0.15, -0.1) is 0 Å². The number of aromatic hydroxyl groups is 2. The number of nitrogens with one attached hydrogen (secondary N) is 2. The van der Waals surface area contributed by atoms with Crippen molar-refractivity contribution in [3.63, 3.8) is 0 Å². The fourth-order valence-electron chi connectivity index (χ4n) is 10.8. The van der Waals surface area contributed by atoms with Crippen LogP contribution in [0.4, 0.5) is 0 Å². The third-order valence-corrected chi connectivity index (χ3v) is 15.2. The number of carbonyl (C=O) groups is 2. The first-order chi connectivity index (χ1) is 45.1. The molecule has 21 heteroatoms. The number of rotatable bonds is 32. The van der Waals surface area contributed by atoms with Gasteiger partial charge in [0.1, 0.15) is 11.5 Å². The third-order valence-electron chi connectivity index (χ3n) is 15.2. The fourth-order valence-corrected chi connectivity index (χ4v) is 10.8. The maximum Gasteiger partial charge on any atom is 2.00 e. The molecule has 2 amide bonds. The molecule has 10 aromatic rings. The first-order valence-corrected chi connectivity index (χ1v) is 31.4. The van der Waals surface area contributed by atoms with Crippen LogP contribution in [0.1, 0.15) is 106 Å². The molecule has 96 heavy (non-hydrogen) atoms. The summed E-state index contributed by atoms with van der Waals surface area (Å²) >= 11 is 0. The van der Waals surface area contributed by atoms with E-state index >= 15 is 0 Å². The average Bonchev–Trinajstić information content (AvgIpc) is 1.20. The number of phenols is 2. The summed E-state index contributed by atoms with van der Waals surface area (Å²) in [5, 5.41) is 29.7. The monoisotopic (exact) mass is 1440 g/mol. The predicted molar refractivity (Wildman–Crippen MR) is 362 cm³/mol. The fraction of sp³-hybridized carbons (Fsp3) is 0.267. The molecule has 4 N–H and O–H groups in total. The van der Waals surface area contributed by atoms with Gasteiger partial charge >= 0.3 is 19.5 Å². The number of amides is 2. The second-order valence-corrected chi connectivity index (χ2v) is 22.6. The molecule has 0 aliphatic heterocycles. The van der Waals surface area contributed by atoms with E-state index in [0.29, 0.717) is 117 Å². The van der Waals surface area contributed by atoms with Crippen LogP contribution in [0.15, 0.2) is 219 Å². The molecule has 0 fully saturated rings. The van der Waals surface area contributed by atoms with E-state index in [1.165, 1.54) is 0 Å². The van der Waals surface area contributed by atoms with E-state index in [1.807, 2.05) is 159 Å². The molecule has 0 atom stereocenters. The standard InChI is InChI=1S/2C37H41N7O2.CH3.3Zn/c2*1-2-36(45)42-20-15-29-21-30(23-43(25-32-11-3-7-16-38-32)26-33-12-4-8-17-39-33)37(46)31(22-29)24-44(27-34-13-5-9-18-40-34)28-35-14-6-10-19-41-35;;;;/h2*3-14,16-19,21-22,46H,2,15,20,23-28H2,1H3,(H,42,45);1H3;;;/q;;-1;;;+2. The van der Waals surface area contributed by atoms with Crippen molar-refractivity contribution in [2.75, 3.05) is 13.1 Å². The minimum Gasteiger partial charge on any atom is -0.507 e. The maximum absolute atomic E-state index is 12.0. The molecule has 8 aromatic heterocycles. The first kappa shape index (κ1) is 78.6. The second kappa shape index (κ2) is 43.1. The van der Waals surface area contributed by atoms with Gasteiger partial charge in [-0.2, -0.15) is 0 Å². The van der Waals surface area contributed by atoms with Crippen molar-refractivity contribution in [1.82, 2.24) is 70.1 Å². The van der Waals surface area contributed by atoms with Gasteiger partial charge in [-0.25, -0.2) is 0 Å². The summed E-state index contributed by atoms with van der Waals surface area (Å²) in [6.45, 7) is 11.4. The zero-order valence-corrected chi connectivity index (χ0v) is 64.6. The molecule has 0 saturated carbocycles. The van der Waals surface area contributed by atoms with Crippen LogP contribution in [-0.2, 0) is 159 Å². The minimum absolute atomic E-state index is 0. The van der Waals surface area contributed by atoms with E-state index in [0.717, 1.165) is 78.9 Å². The molecule has 0 spiro atoms. The molecule has 8 heterocycles. The molecule has 18 nitrogen and oxygen atoms in total. The van der Waals surface area contributed by atoms with Gasteiger partial charge in [0.15, 0.2) is 0 Å². The second-order valence-electron chi connectivity index (χ2n) is 22.6. The van der Waals surface area contributed by atoms with Crippen LogP contribution in [0.5, 0.6) is 11.5 Å². The van der Waals surface area contributed by atoms with Crippen LogP contribution in [0, 0.1) is 7.43 Å². The van der Waals surface area contributed by atoms with Gasteiger partial charge in [-0.3, -0.25) is 69.1 Å². The summed E-state index contributed by atoms with van der Waals surface area (Å²) in [6.07, 6.45) is 16.6. The van der Waals surface area contributed by atoms with Crippen LogP contribution in [-0.4, -0.2) is 94.6 Å². The van der Waals surface area contributed by atoms with Gasteiger partial charge in [-0.1, -0.05) is 86.6 Å². The van der Waals surface area contributed by atoms with Crippen molar-refractivity contribution < 1.29 is 78.2 Å². The number of carbonyl (C=O) groups excluding carboxylic acids is 2. The molecular weight excluding hydrogens is 1360 g/mol. The Labute approximate surface area is 604 Å². The normalized spacial score (nSPS) is 10.7. The van der Waals surface area contributed by atoms with Gasteiger partial charge in [0.25, 0.3) is 0 Å². The largest absolute Gasteiger partial charge is 2.00 e. The van der Waals surface area contributed by atoms with Crippen LogP contribution < -0.4 is 10.6 Å². The van der Waals surface area contributed by atoms with E-state index in [4.69, 9.17) is 0 Å². The quantitative estimate of drug-likeness (QED) is 0.0228. The Morgan fingerprint density at radius 3 is 0.677 bits per heavy atom. The van der Waals surface area contributed by atoms with Crippen molar-refractivity contribution in [2.24, 2.45) is 0 Å². The van der Waals surface area contributed by atoms with Crippen molar-refractivity contribution >= 4 is 11.8 Å². The number of aromatic nitrogens is 8. The van der Waals surface area contributed by atoms with Crippen LogP contribution in [0.2, 0.25) is 0 Å². The van der Waals surface area contributed by atoms with Crippen LogP contribution in [0.25, 0.3) is 0 Å². The van der Waals surface area contributed by atoms with Gasteiger partial charge < -0.3 is 28.3 Å². The zero-order valence-electron chi connectivity index (χ0n) is 55.7. The van der Waals surface area contributed by atoms with E-state index in [1.54, 1.807) is 49.6 Å². The Balaban J connectivity index is 0.000000333. The molecule has 0 radical (unpaired) electrons. The Bertz CT molecular complexity index is 3160. The summed E-state index contributed by atoms with van der Waals surface area (Å²) in [7, 11) is 0. The van der Waals surface area contributed by atoms with Crippen molar-refractivity contribution in [2.45, 2.75) is 118 Å². The molecule has 484 valence electrons. The smallest absolute Gasteiger partial charge is 0.507 e. The third kappa shape index (κ3) is 26.8. The first-order valence-electron chi connectivity index (χ1n) is 31.4. The Morgan fingerprint density at radius 2 is 0.521 bits per heavy atom. The molecule has 0 bridgehead atoms. The molecule has 0 unspecified atom stereocenters. The molecular formula is C75H85N14O4Zn3+. The predicted octanol–water partition coefficient (Wildman–Crippen LogP) is 11.3. The SMILES string of the molecule is CCC(=O)NCCc1cc(CN(Cc2ccccn2)Cc2ccccn2)c(O)c(CN(Cc2ccccn2)Cc2ccccn2)c1.CCC(=O)NCCc1cc(CN(Cc2ccccn2)Cc2ccccn2)c(O)c(CN(Cc2ccccn2)Cc2ccccn2)c1.[CH3-].[Zn+2].[Zn].[Zn]. The Morgan fingerprint density at radius 1 is 0.333 bits per heavy atom.